The SMILES string of the molecule is CNc1nc(C)c(-c2ccnc(Nc3ccc(F)c(F)c3)n2)s1. The summed E-state index contributed by atoms with van der Waals surface area (Å²) >= 11 is 1.48. The van der Waals surface area contributed by atoms with Gasteiger partial charge >= 0.3 is 0 Å². The molecule has 2 heterocycles. The van der Waals surface area contributed by atoms with Crippen molar-refractivity contribution in [1.82, 2.24) is 15.0 Å². The molecule has 23 heavy (non-hydrogen) atoms. The first-order valence-electron chi connectivity index (χ1n) is 6.77. The van der Waals surface area contributed by atoms with E-state index in [1.165, 1.54) is 17.4 Å². The first-order chi connectivity index (χ1) is 11.1. The molecule has 3 rings (SSSR count). The third kappa shape index (κ3) is 3.26. The molecular weight excluding hydrogens is 320 g/mol. The van der Waals surface area contributed by atoms with Crippen molar-refractivity contribution in [1.29, 1.82) is 0 Å². The van der Waals surface area contributed by atoms with Crippen LogP contribution in [0.25, 0.3) is 10.6 Å². The summed E-state index contributed by atoms with van der Waals surface area (Å²) in [6, 6.07) is 5.30. The van der Waals surface area contributed by atoms with Gasteiger partial charge < -0.3 is 10.6 Å². The summed E-state index contributed by atoms with van der Waals surface area (Å²) in [7, 11) is 1.80. The van der Waals surface area contributed by atoms with Crippen molar-refractivity contribution in [3.05, 3.63) is 47.8 Å². The van der Waals surface area contributed by atoms with E-state index in [1.807, 2.05) is 6.92 Å². The minimum atomic E-state index is -0.928. The Labute approximate surface area is 135 Å². The smallest absolute Gasteiger partial charge is 0.227 e. The summed E-state index contributed by atoms with van der Waals surface area (Å²) in [5, 5.41) is 6.65. The summed E-state index contributed by atoms with van der Waals surface area (Å²) in [5.74, 6) is -1.53. The second kappa shape index (κ2) is 6.25. The van der Waals surface area contributed by atoms with Gasteiger partial charge in [-0.3, -0.25) is 0 Å². The van der Waals surface area contributed by atoms with Crippen LogP contribution in [-0.4, -0.2) is 22.0 Å². The molecule has 2 aromatic heterocycles. The van der Waals surface area contributed by atoms with E-state index >= 15 is 0 Å². The van der Waals surface area contributed by atoms with Gasteiger partial charge in [-0.1, -0.05) is 11.3 Å². The maximum atomic E-state index is 13.3. The molecule has 0 saturated heterocycles. The molecule has 0 aliphatic heterocycles. The van der Waals surface area contributed by atoms with Gasteiger partial charge in [0, 0.05) is 25.0 Å². The van der Waals surface area contributed by atoms with Crippen molar-refractivity contribution in [3.8, 4) is 10.6 Å². The van der Waals surface area contributed by atoms with Crippen LogP contribution in [0, 0.1) is 18.6 Å². The van der Waals surface area contributed by atoms with E-state index in [-0.39, 0.29) is 0 Å². The minimum Gasteiger partial charge on any atom is -0.365 e. The van der Waals surface area contributed by atoms with Crippen LogP contribution in [0.15, 0.2) is 30.5 Å². The van der Waals surface area contributed by atoms with Gasteiger partial charge in [0.2, 0.25) is 5.95 Å². The van der Waals surface area contributed by atoms with Gasteiger partial charge in [0.25, 0.3) is 0 Å². The van der Waals surface area contributed by atoms with Crippen molar-refractivity contribution in [3.63, 3.8) is 0 Å². The molecule has 1 aromatic carbocycles. The molecule has 0 unspecified atom stereocenters. The molecule has 3 aromatic rings. The monoisotopic (exact) mass is 333 g/mol. The van der Waals surface area contributed by atoms with E-state index in [0.717, 1.165) is 27.8 Å². The molecule has 0 aliphatic carbocycles. The van der Waals surface area contributed by atoms with Gasteiger partial charge in [-0.25, -0.2) is 23.7 Å². The summed E-state index contributed by atoms with van der Waals surface area (Å²) in [6.07, 6.45) is 1.60. The third-order valence-electron chi connectivity index (χ3n) is 3.07. The van der Waals surface area contributed by atoms with Gasteiger partial charge in [0.05, 0.1) is 16.3 Å². The van der Waals surface area contributed by atoms with Crippen LogP contribution < -0.4 is 10.6 Å². The number of nitrogens with one attached hydrogen (secondary N) is 2. The second-order valence-electron chi connectivity index (χ2n) is 4.70. The largest absolute Gasteiger partial charge is 0.365 e. The second-order valence-corrected chi connectivity index (χ2v) is 5.70. The maximum Gasteiger partial charge on any atom is 0.227 e. The number of halogens is 2. The van der Waals surface area contributed by atoms with Crippen LogP contribution >= 0.6 is 11.3 Å². The molecule has 8 heteroatoms. The number of aromatic nitrogens is 3. The van der Waals surface area contributed by atoms with Crippen molar-refractivity contribution >= 4 is 28.1 Å². The maximum absolute atomic E-state index is 13.3. The van der Waals surface area contributed by atoms with Gasteiger partial charge in [0.15, 0.2) is 16.8 Å². The Morgan fingerprint density at radius 1 is 1.09 bits per heavy atom. The normalized spacial score (nSPS) is 10.6. The fourth-order valence-corrected chi connectivity index (χ4v) is 2.88. The first-order valence-corrected chi connectivity index (χ1v) is 7.59. The van der Waals surface area contributed by atoms with E-state index in [4.69, 9.17) is 0 Å². The molecule has 118 valence electrons. The number of hydrogen-bond acceptors (Lipinski definition) is 6. The van der Waals surface area contributed by atoms with Crippen LogP contribution in [0.2, 0.25) is 0 Å². The lowest BCUT2D eigenvalue weighted by molar-refractivity contribution is 0.509. The molecular formula is C15H13F2N5S. The molecule has 5 nitrogen and oxygen atoms in total. The lowest BCUT2D eigenvalue weighted by Crippen LogP contribution is -1.98. The molecule has 0 amide bonds. The van der Waals surface area contributed by atoms with E-state index in [2.05, 4.69) is 25.6 Å². The Kier molecular flexibility index (Phi) is 4.16. The van der Waals surface area contributed by atoms with Gasteiger partial charge in [-0.2, -0.15) is 0 Å². The summed E-state index contributed by atoms with van der Waals surface area (Å²) in [4.78, 5) is 13.8. The number of rotatable bonds is 4. The van der Waals surface area contributed by atoms with E-state index in [0.29, 0.717) is 17.3 Å². The Bertz CT molecular complexity index is 850. The molecule has 0 fully saturated rings. The standard InChI is InChI=1S/C15H13F2N5S/c1-8-13(23-15(18-2)20-8)12-5-6-19-14(22-12)21-9-3-4-10(16)11(17)7-9/h3-7H,1-2H3,(H,18,20)(H,19,21,22). The molecule has 0 atom stereocenters. The van der Waals surface area contributed by atoms with E-state index in [1.54, 1.807) is 19.3 Å². The fourth-order valence-electron chi connectivity index (χ4n) is 1.99. The van der Waals surface area contributed by atoms with Crippen molar-refractivity contribution in [2.45, 2.75) is 6.92 Å². The number of anilines is 3. The average molecular weight is 333 g/mol. The minimum absolute atomic E-state index is 0.298. The highest BCUT2D eigenvalue weighted by atomic mass is 32.1. The molecule has 0 aliphatic rings. The van der Waals surface area contributed by atoms with E-state index < -0.39 is 11.6 Å². The van der Waals surface area contributed by atoms with Gasteiger partial charge in [-0.15, -0.1) is 0 Å². The number of nitrogens with zero attached hydrogens (tertiary/aromatic N) is 3. The van der Waals surface area contributed by atoms with Gasteiger partial charge in [0.1, 0.15) is 0 Å². The Hall–Kier alpha value is -2.61. The Morgan fingerprint density at radius 3 is 2.61 bits per heavy atom. The summed E-state index contributed by atoms with van der Waals surface area (Å²) in [5.41, 5.74) is 1.94. The molecule has 0 spiro atoms. The molecule has 0 radical (unpaired) electrons. The Morgan fingerprint density at radius 2 is 1.91 bits per heavy atom. The number of benzene rings is 1. The highest BCUT2D eigenvalue weighted by molar-refractivity contribution is 7.19. The zero-order chi connectivity index (χ0) is 16.4. The van der Waals surface area contributed by atoms with Crippen LogP contribution in [0.5, 0.6) is 0 Å². The van der Waals surface area contributed by atoms with Crippen molar-refractivity contribution in [2.75, 3.05) is 17.7 Å². The first kappa shape index (κ1) is 15.3. The van der Waals surface area contributed by atoms with Crippen molar-refractivity contribution < 1.29 is 8.78 Å². The van der Waals surface area contributed by atoms with E-state index in [9.17, 15) is 8.78 Å². The highest BCUT2D eigenvalue weighted by Gasteiger charge is 2.11. The topological polar surface area (TPSA) is 62.7 Å². The van der Waals surface area contributed by atoms with Gasteiger partial charge in [-0.05, 0) is 25.1 Å². The summed E-state index contributed by atoms with van der Waals surface area (Å²) in [6.45, 7) is 1.90. The number of thiazole rings is 1. The zero-order valence-corrected chi connectivity index (χ0v) is 13.2. The molecule has 0 saturated carbocycles. The molecule has 2 N–H and O–H groups in total. The lowest BCUT2D eigenvalue weighted by atomic mass is 10.3. The third-order valence-corrected chi connectivity index (χ3v) is 4.27. The number of hydrogen-bond donors (Lipinski definition) is 2. The highest BCUT2D eigenvalue weighted by Crippen LogP contribution is 2.31. The van der Waals surface area contributed by atoms with Crippen LogP contribution in [0.1, 0.15) is 5.69 Å². The summed E-state index contributed by atoms with van der Waals surface area (Å²) < 4.78 is 26.2. The van der Waals surface area contributed by atoms with Crippen LogP contribution in [0.3, 0.4) is 0 Å². The molecule has 0 bridgehead atoms. The number of aryl methyl sites for hydroxylation is 1. The predicted octanol–water partition coefficient (Wildman–Crippen LogP) is 3.97. The zero-order valence-electron chi connectivity index (χ0n) is 12.4. The van der Waals surface area contributed by atoms with Crippen LogP contribution in [-0.2, 0) is 0 Å². The van der Waals surface area contributed by atoms with Crippen LogP contribution in [0.4, 0.5) is 25.5 Å². The predicted molar refractivity (Wildman–Crippen MR) is 87.1 cm³/mol. The lowest BCUT2D eigenvalue weighted by Gasteiger charge is -2.06. The average Bonchev–Trinajstić information content (AvgIpc) is 2.92. The quantitative estimate of drug-likeness (QED) is 0.756. The Balaban J connectivity index is 1.90. The fraction of sp³-hybridized carbons (Fsp3) is 0.133. The van der Waals surface area contributed by atoms with Crippen molar-refractivity contribution in [2.24, 2.45) is 0 Å².